The van der Waals surface area contributed by atoms with Gasteiger partial charge >= 0.3 is 5.97 Å². The largest absolute Gasteiger partial charge is 0.496 e. The Kier molecular flexibility index (Phi) is 6.70. The number of likely N-dealkylation sites (tertiary alicyclic amines) is 1. The van der Waals surface area contributed by atoms with Gasteiger partial charge in [0.15, 0.2) is 5.78 Å². The van der Waals surface area contributed by atoms with Crippen molar-refractivity contribution in [3.63, 3.8) is 0 Å². The summed E-state index contributed by atoms with van der Waals surface area (Å²) in [6.07, 6.45) is 3.63. The molecule has 0 unspecified atom stereocenters. The van der Waals surface area contributed by atoms with Gasteiger partial charge in [0.05, 0.1) is 18.7 Å². The number of methoxy groups -OCH3 is 1. The van der Waals surface area contributed by atoms with Crippen LogP contribution in [0.3, 0.4) is 0 Å². The first-order valence-electron chi connectivity index (χ1n) is 14.7. The molecule has 41 heavy (non-hydrogen) atoms. The number of pyridine rings is 1. The highest BCUT2D eigenvalue weighted by Crippen LogP contribution is 2.61. The van der Waals surface area contributed by atoms with Crippen molar-refractivity contribution in [2.45, 2.75) is 77.9 Å². The van der Waals surface area contributed by atoms with Crippen molar-refractivity contribution in [1.29, 1.82) is 0 Å². The molecule has 1 amide bonds. The minimum Gasteiger partial charge on any atom is -0.496 e. The van der Waals surface area contributed by atoms with Crippen LogP contribution in [0.4, 0.5) is 0 Å². The number of hydrogen-bond acceptors (Lipinski definition) is 6. The van der Waals surface area contributed by atoms with Gasteiger partial charge in [0.25, 0.3) is 0 Å². The van der Waals surface area contributed by atoms with Crippen LogP contribution < -0.4 is 4.74 Å². The molecule has 0 radical (unpaired) electrons. The lowest BCUT2D eigenvalue weighted by atomic mass is 9.65. The number of benzene rings is 1. The van der Waals surface area contributed by atoms with Crippen molar-refractivity contribution in [1.82, 2.24) is 9.88 Å². The van der Waals surface area contributed by atoms with Gasteiger partial charge in [-0.25, -0.2) is 9.78 Å². The first kappa shape index (κ1) is 27.5. The van der Waals surface area contributed by atoms with Gasteiger partial charge in [0, 0.05) is 54.5 Å². The zero-order chi connectivity index (χ0) is 29.2. The molecule has 8 heteroatoms. The van der Waals surface area contributed by atoms with Crippen LogP contribution >= 0.6 is 0 Å². The van der Waals surface area contributed by atoms with Crippen molar-refractivity contribution in [2.24, 2.45) is 17.3 Å². The van der Waals surface area contributed by atoms with Crippen LogP contribution in [0.5, 0.6) is 5.75 Å². The summed E-state index contributed by atoms with van der Waals surface area (Å²) in [6.45, 7) is 8.83. The van der Waals surface area contributed by atoms with E-state index in [0.29, 0.717) is 36.4 Å². The molecule has 2 aromatic rings. The van der Waals surface area contributed by atoms with Crippen molar-refractivity contribution >= 4 is 17.7 Å². The Bertz CT molecular complexity index is 1470. The first-order valence-corrected chi connectivity index (χ1v) is 14.7. The number of ketones is 1. The molecule has 4 aliphatic rings. The maximum absolute atomic E-state index is 14.4. The number of nitrogens with zero attached hydrogens (tertiary/aromatic N) is 2. The van der Waals surface area contributed by atoms with Gasteiger partial charge in [-0.3, -0.25) is 9.59 Å². The SMILES string of the molecule is CCN1C(=O)[C@H]2[C@H](C[C@H]1C(C)C)OC1=C(C(=O)CC3(CC3)C1)[C@@H]2c1c(OC)ccc(-c2cccc(C(=O)O)n2)c1C. The summed E-state index contributed by atoms with van der Waals surface area (Å²) in [5.41, 5.74) is 3.42. The third-order valence-electron chi connectivity index (χ3n) is 9.80. The molecule has 1 spiro atoms. The number of carbonyl (C=O) groups is 3. The molecular weight excluding hydrogens is 520 g/mol. The molecule has 2 fully saturated rings. The van der Waals surface area contributed by atoms with E-state index in [9.17, 15) is 19.5 Å². The molecule has 2 aliphatic carbocycles. The molecule has 2 aliphatic heterocycles. The van der Waals surface area contributed by atoms with Gasteiger partial charge in [0.2, 0.25) is 5.91 Å². The number of piperidine rings is 1. The molecule has 1 N–H and O–H groups in total. The number of ether oxygens (including phenoxy) is 2. The Labute approximate surface area is 240 Å². The molecule has 1 saturated heterocycles. The van der Waals surface area contributed by atoms with E-state index in [1.54, 1.807) is 19.2 Å². The number of aromatic nitrogens is 1. The monoisotopic (exact) mass is 558 g/mol. The van der Waals surface area contributed by atoms with Crippen LogP contribution in [0.2, 0.25) is 0 Å². The normalized spacial score (nSPS) is 26.5. The minimum absolute atomic E-state index is 0.00104. The summed E-state index contributed by atoms with van der Waals surface area (Å²) >= 11 is 0. The van der Waals surface area contributed by atoms with Crippen molar-refractivity contribution in [2.75, 3.05) is 13.7 Å². The fourth-order valence-electron chi connectivity index (χ4n) is 7.53. The second kappa shape index (κ2) is 10.00. The molecule has 8 nitrogen and oxygen atoms in total. The standard InChI is InChI=1S/C33H38N2O6/c1-6-35-22(17(2)3)14-25-29(31(35)37)30(28-23(36)15-33(12-13-33)16-26(28)41-25)27-18(4)19(10-11-24(27)40-5)20-8-7-9-21(34-20)32(38)39/h7-11,17,22,25,29-30H,6,12-16H2,1-5H3,(H,38,39)/t22-,25-,29-,30-/m0/s1. The van der Waals surface area contributed by atoms with Crippen LogP contribution in [-0.4, -0.2) is 58.5 Å². The van der Waals surface area contributed by atoms with E-state index in [0.717, 1.165) is 41.7 Å². The Hall–Kier alpha value is -3.68. The van der Waals surface area contributed by atoms with Gasteiger partial charge < -0.3 is 19.5 Å². The van der Waals surface area contributed by atoms with Crippen LogP contribution in [0, 0.1) is 24.2 Å². The number of carboxylic acid groups (broad SMARTS) is 1. The van der Waals surface area contributed by atoms with Crippen molar-refractivity contribution < 1.29 is 29.0 Å². The van der Waals surface area contributed by atoms with Gasteiger partial charge in [-0.15, -0.1) is 0 Å². The molecule has 216 valence electrons. The highest BCUT2D eigenvalue weighted by molar-refractivity contribution is 6.01. The lowest BCUT2D eigenvalue weighted by molar-refractivity contribution is -0.156. The molecule has 0 bridgehead atoms. The molecule has 3 heterocycles. The van der Waals surface area contributed by atoms with E-state index in [1.165, 1.54) is 6.07 Å². The average Bonchev–Trinajstić information content (AvgIpc) is 3.69. The predicted octanol–water partition coefficient (Wildman–Crippen LogP) is 5.54. The van der Waals surface area contributed by atoms with Gasteiger partial charge in [-0.05, 0) is 67.9 Å². The Morgan fingerprint density at radius 3 is 2.59 bits per heavy atom. The summed E-state index contributed by atoms with van der Waals surface area (Å²) in [5, 5.41) is 9.56. The number of Topliss-reactive ketones (excluding diaryl/α,β-unsaturated/α-hetero) is 1. The number of allylic oxidation sites excluding steroid dienone is 2. The zero-order valence-corrected chi connectivity index (χ0v) is 24.4. The predicted molar refractivity (Wildman–Crippen MR) is 153 cm³/mol. The molecule has 1 aromatic carbocycles. The lowest BCUT2D eigenvalue weighted by Gasteiger charge is -2.51. The Morgan fingerprint density at radius 2 is 1.95 bits per heavy atom. The van der Waals surface area contributed by atoms with Crippen LogP contribution in [0.1, 0.15) is 80.4 Å². The number of carboxylic acids is 1. The van der Waals surface area contributed by atoms with Gasteiger partial charge in [0.1, 0.15) is 23.3 Å². The quantitative estimate of drug-likeness (QED) is 0.496. The lowest BCUT2D eigenvalue weighted by Crippen LogP contribution is -2.59. The summed E-state index contributed by atoms with van der Waals surface area (Å²) in [4.78, 5) is 46.4. The van der Waals surface area contributed by atoms with Crippen molar-refractivity contribution in [3.05, 3.63) is 58.5 Å². The fourth-order valence-corrected chi connectivity index (χ4v) is 7.53. The van der Waals surface area contributed by atoms with Crippen LogP contribution in [0.25, 0.3) is 11.3 Å². The second-order valence-electron chi connectivity index (χ2n) is 12.5. The number of rotatable bonds is 6. The highest BCUT2D eigenvalue weighted by Gasteiger charge is 2.58. The van der Waals surface area contributed by atoms with Gasteiger partial charge in [-0.2, -0.15) is 0 Å². The highest BCUT2D eigenvalue weighted by atomic mass is 16.5. The fraction of sp³-hybridized carbons (Fsp3) is 0.515. The molecule has 6 rings (SSSR count). The Balaban J connectivity index is 1.57. The topological polar surface area (TPSA) is 106 Å². The Morgan fingerprint density at radius 1 is 1.20 bits per heavy atom. The summed E-state index contributed by atoms with van der Waals surface area (Å²) in [5.74, 6) is -0.506. The molecular formula is C33H38N2O6. The van der Waals surface area contributed by atoms with E-state index in [2.05, 4.69) is 18.8 Å². The maximum atomic E-state index is 14.4. The molecule has 4 atom stereocenters. The first-order chi connectivity index (χ1) is 19.6. The average molecular weight is 559 g/mol. The van der Waals surface area contributed by atoms with Crippen LogP contribution in [-0.2, 0) is 14.3 Å². The molecule has 1 aromatic heterocycles. The van der Waals surface area contributed by atoms with E-state index in [1.807, 2.05) is 30.9 Å². The minimum atomic E-state index is -1.10. The van der Waals surface area contributed by atoms with E-state index in [-0.39, 0.29) is 40.9 Å². The smallest absolute Gasteiger partial charge is 0.354 e. The molecule has 1 saturated carbocycles. The van der Waals surface area contributed by atoms with Gasteiger partial charge in [-0.1, -0.05) is 19.9 Å². The van der Waals surface area contributed by atoms with Crippen molar-refractivity contribution in [3.8, 4) is 17.0 Å². The number of hydrogen-bond donors (Lipinski definition) is 1. The van der Waals surface area contributed by atoms with Crippen LogP contribution in [0.15, 0.2) is 41.7 Å². The summed E-state index contributed by atoms with van der Waals surface area (Å²) in [6, 6.07) is 8.69. The number of carbonyl (C=O) groups excluding carboxylic acids is 2. The second-order valence-corrected chi connectivity index (χ2v) is 12.5. The van der Waals surface area contributed by atoms with E-state index >= 15 is 0 Å². The van der Waals surface area contributed by atoms with E-state index < -0.39 is 17.8 Å². The number of aromatic carboxylic acids is 1. The number of amides is 1. The summed E-state index contributed by atoms with van der Waals surface area (Å²) in [7, 11) is 1.60. The summed E-state index contributed by atoms with van der Waals surface area (Å²) < 4.78 is 12.6. The number of fused-ring (bicyclic) bond motifs is 1. The zero-order valence-electron chi connectivity index (χ0n) is 24.4. The third-order valence-corrected chi connectivity index (χ3v) is 9.80. The third kappa shape index (κ3) is 4.43. The maximum Gasteiger partial charge on any atom is 0.354 e. The van der Waals surface area contributed by atoms with E-state index in [4.69, 9.17) is 9.47 Å².